The van der Waals surface area contributed by atoms with Crippen molar-refractivity contribution >= 4 is 65.4 Å². The summed E-state index contributed by atoms with van der Waals surface area (Å²) in [4.78, 5) is 22.4. The Hall–Kier alpha value is -1.22. The van der Waals surface area contributed by atoms with Crippen LogP contribution in [0, 0.1) is 0 Å². The van der Waals surface area contributed by atoms with Crippen LogP contribution in [0.15, 0.2) is 24.3 Å². The second kappa shape index (κ2) is 4.57. The molecule has 0 N–H and O–H groups in total. The van der Waals surface area contributed by atoms with E-state index in [1.165, 1.54) is 12.2 Å². The molecule has 1 aromatic carbocycles. The van der Waals surface area contributed by atoms with E-state index < -0.39 is 0 Å². The number of carbonyl (C=O) groups excluding carboxylic acids is 2. The number of ketones is 2. The summed E-state index contributed by atoms with van der Waals surface area (Å²) in [5.74, 6) is 0.0135. The van der Waals surface area contributed by atoms with Crippen LogP contribution in [0.2, 0.25) is 0 Å². The molecule has 0 bridgehead atoms. The normalized spacial score (nSPS) is 15.3. The van der Waals surface area contributed by atoms with Crippen LogP contribution in [-0.4, -0.2) is 41.1 Å². The summed E-state index contributed by atoms with van der Waals surface area (Å²) in [6.45, 7) is 0. The van der Waals surface area contributed by atoms with Crippen molar-refractivity contribution in [2.45, 2.75) is 0 Å². The molecule has 78 valence electrons. The van der Waals surface area contributed by atoms with E-state index in [0.29, 0.717) is 0 Å². The van der Waals surface area contributed by atoms with Crippen LogP contribution >= 0.6 is 0 Å². The van der Waals surface area contributed by atoms with Gasteiger partial charge in [0.1, 0.15) is 0 Å². The van der Waals surface area contributed by atoms with E-state index in [4.69, 9.17) is 0 Å². The summed E-state index contributed by atoms with van der Waals surface area (Å²) in [6, 6.07) is 3.87. The van der Waals surface area contributed by atoms with Crippen molar-refractivity contribution in [3.8, 4) is 0 Å². The number of hydrogen-bond donors (Lipinski definition) is 0. The third kappa shape index (κ3) is 2.25. The first-order chi connectivity index (χ1) is 7.72. The number of allylic oxidation sites excluding steroid dienone is 2. The molecule has 0 aromatic heterocycles. The van der Waals surface area contributed by atoms with Crippen molar-refractivity contribution in [1.29, 1.82) is 0 Å². The monoisotopic (exact) mass is 232 g/mol. The van der Waals surface area contributed by atoms with Crippen LogP contribution in [0.25, 0.3) is 24.3 Å². The zero-order chi connectivity index (χ0) is 11.1. The molecule has 0 atom stereocenters. The fourth-order valence-corrected chi connectivity index (χ4v) is 1.95. The first-order valence-corrected chi connectivity index (χ1v) is 5.04. The fourth-order valence-electron chi connectivity index (χ4n) is 1.95. The average Bonchev–Trinajstić information content (AvgIpc) is 2.26. The molecule has 0 radical (unpaired) electrons. The molecule has 0 fully saturated rings. The van der Waals surface area contributed by atoms with Gasteiger partial charge in [-0.25, -0.2) is 0 Å². The van der Waals surface area contributed by atoms with Gasteiger partial charge in [0.25, 0.3) is 0 Å². The molecule has 1 aromatic rings. The fraction of sp³-hybridized carbons (Fsp3) is 0. The Labute approximate surface area is 120 Å². The molecular formula is C14H9NaO2. The molecule has 17 heavy (non-hydrogen) atoms. The Morgan fingerprint density at radius 2 is 1.06 bits per heavy atom. The number of benzene rings is 1. The minimum atomic E-state index is 0. The van der Waals surface area contributed by atoms with Crippen molar-refractivity contribution in [2.75, 3.05) is 0 Å². The van der Waals surface area contributed by atoms with Gasteiger partial charge in [0, 0.05) is 0 Å². The van der Waals surface area contributed by atoms with E-state index in [-0.39, 0.29) is 41.1 Å². The minimum absolute atomic E-state index is 0. The van der Waals surface area contributed by atoms with Gasteiger partial charge in [-0.3, -0.25) is 9.59 Å². The summed E-state index contributed by atoms with van der Waals surface area (Å²) >= 11 is 0. The van der Waals surface area contributed by atoms with Crippen LogP contribution in [0.4, 0.5) is 0 Å². The Balaban J connectivity index is 0.00000108. The van der Waals surface area contributed by atoms with Crippen molar-refractivity contribution in [1.82, 2.24) is 0 Å². The van der Waals surface area contributed by atoms with Crippen LogP contribution in [0.1, 0.15) is 11.1 Å². The molecule has 2 aliphatic carbocycles. The summed E-state index contributed by atoms with van der Waals surface area (Å²) in [7, 11) is 0. The van der Waals surface area contributed by atoms with Crippen LogP contribution < -0.4 is 10.4 Å². The van der Waals surface area contributed by atoms with Crippen molar-refractivity contribution < 1.29 is 9.59 Å². The van der Waals surface area contributed by atoms with Gasteiger partial charge in [-0.2, -0.15) is 0 Å². The predicted molar refractivity (Wildman–Crippen MR) is 69.9 cm³/mol. The van der Waals surface area contributed by atoms with E-state index in [2.05, 4.69) is 0 Å². The Kier molecular flexibility index (Phi) is 3.29. The third-order valence-electron chi connectivity index (χ3n) is 2.74. The molecule has 3 heteroatoms. The summed E-state index contributed by atoms with van der Waals surface area (Å²) < 4.78 is 0. The molecule has 0 saturated heterocycles. The van der Waals surface area contributed by atoms with Gasteiger partial charge >= 0.3 is 29.6 Å². The first-order valence-electron chi connectivity index (χ1n) is 5.04. The third-order valence-corrected chi connectivity index (χ3v) is 2.74. The maximum absolute atomic E-state index is 11.2. The number of hydrogen-bond acceptors (Lipinski definition) is 2. The zero-order valence-electron chi connectivity index (χ0n) is 8.44. The Morgan fingerprint density at radius 3 is 1.47 bits per heavy atom. The predicted octanol–water partition coefficient (Wildman–Crippen LogP) is -0.209. The van der Waals surface area contributed by atoms with Crippen molar-refractivity contribution in [2.24, 2.45) is 0 Å². The SMILES string of the molecule is O=C1C=Cc2cc3c(cc2=C1)C=CC(=O)C=3.[NaH]. The molecule has 0 spiro atoms. The molecular weight excluding hydrogens is 223 g/mol. The molecule has 2 aliphatic rings. The van der Waals surface area contributed by atoms with Crippen LogP contribution in [0.3, 0.4) is 0 Å². The van der Waals surface area contributed by atoms with Gasteiger partial charge < -0.3 is 0 Å². The van der Waals surface area contributed by atoms with E-state index in [0.717, 1.165) is 21.6 Å². The first kappa shape index (κ1) is 12.2. The van der Waals surface area contributed by atoms with Gasteiger partial charge in [-0.15, -0.1) is 0 Å². The van der Waals surface area contributed by atoms with Crippen LogP contribution in [-0.2, 0) is 9.59 Å². The second-order valence-electron chi connectivity index (χ2n) is 3.87. The zero-order valence-corrected chi connectivity index (χ0v) is 8.44. The Bertz CT molecular complexity index is 632. The van der Waals surface area contributed by atoms with Gasteiger partial charge in [0.15, 0.2) is 11.6 Å². The summed E-state index contributed by atoms with van der Waals surface area (Å²) in [5.41, 5.74) is 1.97. The Morgan fingerprint density at radius 1 is 0.647 bits per heavy atom. The van der Waals surface area contributed by atoms with E-state index in [1.807, 2.05) is 12.1 Å². The standard InChI is InChI=1S/C14H8O2.Na.H/c15-13-3-1-9-5-12-8-14(16)4-2-10(12)6-11(9)7-13;;/h1-8H;;. The second-order valence-corrected chi connectivity index (χ2v) is 3.87. The molecule has 0 aliphatic heterocycles. The average molecular weight is 232 g/mol. The van der Waals surface area contributed by atoms with E-state index in [1.54, 1.807) is 24.3 Å². The maximum atomic E-state index is 11.2. The van der Waals surface area contributed by atoms with Crippen LogP contribution in [0.5, 0.6) is 0 Å². The molecule has 0 heterocycles. The number of rotatable bonds is 0. The van der Waals surface area contributed by atoms with E-state index >= 15 is 0 Å². The number of carbonyl (C=O) groups is 2. The molecule has 0 amide bonds. The molecule has 2 nitrogen and oxygen atoms in total. The van der Waals surface area contributed by atoms with Crippen molar-refractivity contribution in [3.63, 3.8) is 0 Å². The summed E-state index contributed by atoms with van der Waals surface area (Å²) in [5, 5.41) is 1.83. The van der Waals surface area contributed by atoms with E-state index in [9.17, 15) is 9.59 Å². The molecule has 0 saturated carbocycles. The molecule has 3 rings (SSSR count). The van der Waals surface area contributed by atoms with Crippen molar-refractivity contribution in [3.05, 3.63) is 45.8 Å². The quantitative estimate of drug-likeness (QED) is 0.580. The molecule has 0 unspecified atom stereocenters. The summed E-state index contributed by atoms with van der Waals surface area (Å²) in [6.07, 6.45) is 9.87. The topological polar surface area (TPSA) is 34.1 Å². The van der Waals surface area contributed by atoms with Gasteiger partial charge in [-0.1, -0.05) is 12.2 Å². The van der Waals surface area contributed by atoms with Gasteiger partial charge in [-0.05, 0) is 58.0 Å². The number of fused-ring (bicyclic) bond motifs is 2. The van der Waals surface area contributed by atoms with Gasteiger partial charge in [0.05, 0.1) is 0 Å². The van der Waals surface area contributed by atoms with Gasteiger partial charge in [0.2, 0.25) is 0 Å².